The molecule has 0 unspecified atom stereocenters. The van der Waals surface area contributed by atoms with Gasteiger partial charge in [-0.2, -0.15) is 9.61 Å². The van der Waals surface area contributed by atoms with Crippen LogP contribution >= 0.6 is 15.9 Å². The van der Waals surface area contributed by atoms with E-state index in [0.717, 1.165) is 45.4 Å². The number of aromatic nitrogens is 5. The quantitative estimate of drug-likeness (QED) is 0.428. The second-order valence-corrected chi connectivity index (χ2v) is 8.84. The molecule has 0 radical (unpaired) electrons. The third-order valence-corrected chi connectivity index (χ3v) is 6.97. The second-order valence-electron chi connectivity index (χ2n) is 8.04. The number of hydrogen-bond donors (Lipinski definition) is 2. The molecule has 8 nitrogen and oxygen atoms in total. The number of carboxylic acids is 1. The van der Waals surface area contributed by atoms with E-state index in [9.17, 15) is 9.90 Å². The molecule has 1 aliphatic carbocycles. The van der Waals surface area contributed by atoms with Gasteiger partial charge >= 0.3 is 5.97 Å². The first-order valence-electron chi connectivity index (χ1n) is 10.4. The maximum Gasteiger partial charge on any atom is 0.306 e. The van der Waals surface area contributed by atoms with Crippen molar-refractivity contribution < 1.29 is 9.90 Å². The Morgan fingerprint density at radius 3 is 2.47 bits per heavy atom. The summed E-state index contributed by atoms with van der Waals surface area (Å²) in [5.74, 6) is -0.354. The van der Waals surface area contributed by atoms with Gasteiger partial charge < -0.3 is 10.8 Å². The summed E-state index contributed by atoms with van der Waals surface area (Å²) in [6, 6.07) is 7.80. The molecule has 32 heavy (non-hydrogen) atoms. The van der Waals surface area contributed by atoms with Crippen molar-refractivity contribution in [2.75, 3.05) is 5.73 Å². The van der Waals surface area contributed by atoms with E-state index in [2.05, 4.69) is 31.0 Å². The number of hydrogen-bond acceptors (Lipinski definition) is 6. The smallest absolute Gasteiger partial charge is 0.306 e. The van der Waals surface area contributed by atoms with Crippen LogP contribution in [0, 0.1) is 5.92 Å². The molecule has 0 saturated heterocycles. The molecule has 0 amide bonds. The van der Waals surface area contributed by atoms with Gasteiger partial charge in [-0.3, -0.25) is 14.8 Å². The Labute approximate surface area is 192 Å². The van der Waals surface area contributed by atoms with Gasteiger partial charge in [-0.25, -0.2) is 4.98 Å². The SMILES string of the molecule is Nc1c(Br)c([C@H]2CC[C@@H](C(=O)O)CC2)nc2c(-c3ccc(-c4ccncc4)nc3)cnn12. The van der Waals surface area contributed by atoms with Crippen LogP contribution < -0.4 is 5.73 Å². The van der Waals surface area contributed by atoms with E-state index < -0.39 is 5.97 Å². The lowest BCUT2D eigenvalue weighted by atomic mass is 9.80. The minimum Gasteiger partial charge on any atom is -0.481 e. The van der Waals surface area contributed by atoms with Crippen molar-refractivity contribution in [3.05, 3.63) is 59.2 Å². The van der Waals surface area contributed by atoms with Gasteiger partial charge in [0.1, 0.15) is 5.82 Å². The summed E-state index contributed by atoms with van der Waals surface area (Å²) in [6.07, 6.45) is 9.87. The number of anilines is 1. The highest BCUT2D eigenvalue weighted by atomic mass is 79.9. The predicted molar refractivity (Wildman–Crippen MR) is 124 cm³/mol. The monoisotopic (exact) mass is 492 g/mol. The normalized spacial score (nSPS) is 18.7. The minimum atomic E-state index is -0.716. The number of nitrogen functional groups attached to an aromatic ring is 1. The van der Waals surface area contributed by atoms with Crippen LogP contribution in [0.1, 0.15) is 37.3 Å². The van der Waals surface area contributed by atoms with Gasteiger partial charge in [-0.05, 0) is 59.8 Å². The summed E-state index contributed by atoms with van der Waals surface area (Å²) >= 11 is 3.60. The van der Waals surface area contributed by atoms with E-state index in [4.69, 9.17) is 10.7 Å². The molecule has 0 bridgehead atoms. The molecule has 1 fully saturated rings. The predicted octanol–water partition coefficient (Wildman–Crippen LogP) is 4.56. The lowest BCUT2D eigenvalue weighted by Crippen LogP contribution is -2.21. The Balaban J connectivity index is 1.51. The molecular formula is C23H21BrN6O2. The largest absolute Gasteiger partial charge is 0.481 e. The molecule has 1 aliphatic rings. The number of halogens is 1. The van der Waals surface area contributed by atoms with E-state index in [-0.39, 0.29) is 11.8 Å². The average Bonchev–Trinajstić information content (AvgIpc) is 3.26. The average molecular weight is 493 g/mol. The molecule has 4 heterocycles. The molecule has 4 aromatic heterocycles. The van der Waals surface area contributed by atoms with Crippen molar-refractivity contribution in [2.24, 2.45) is 5.92 Å². The second kappa shape index (κ2) is 8.31. The highest BCUT2D eigenvalue weighted by molar-refractivity contribution is 9.10. The molecule has 5 rings (SSSR count). The van der Waals surface area contributed by atoms with Crippen LogP contribution in [-0.2, 0) is 4.79 Å². The molecule has 0 spiro atoms. The Hall–Kier alpha value is -3.33. The van der Waals surface area contributed by atoms with Crippen molar-refractivity contribution >= 4 is 33.4 Å². The van der Waals surface area contributed by atoms with E-state index in [1.807, 2.05) is 30.5 Å². The summed E-state index contributed by atoms with van der Waals surface area (Å²) < 4.78 is 2.35. The lowest BCUT2D eigenvalue weighted by Gasteiger charge is -2.26. The molecule has 3 N–H and O–H groups in total. The molecule has 0 atom stereocenters. The highest BCUT2D eigenvalue weighted by Gasteiger charge is 2.30. The number of pyridine rings is 2. The Kier molecular flexibility index (Phi) is 5.34. The molecule has 0 aromatic carbocycles. The van der Waals surface area contributed by atoms with Gasteiger partial charge in [0.2, 0.25) is 0 Å². The number of carbonyl (C=O) groups is 1. The van der Waals surface area contributed by atoms with Crippen LogP contribution in [-0.4, -0.2) is 35.6 Å². The summed E-state index contributed by atoms with van der Waals surface area (Å²) in [5.41, 5.74) is 11.5. The van der Waals surface area contributed by atoms with Crippen LogP contribution in [0.15, 0.2) is 53.5 Å². The van der Waals surface area contributed by atoms with E-state index in [0.29, 0.717) is 24.3 Å². The summed E-state index contributed by atoms with van der Waals surface area (Å²) in [7, 11) is 0. The number of rotatable bonds is 4. The Morgan fingerprint density at radius 2 is 1.81 bits per heavy atom. The van der Waals surface area contributed by atoms with Gasteiger partial charge in [0.25, 0.3) is 0 Å². The molecule has 162 valence electrons. The molecular weight excluding hydrogens is 472 g/mol. The Bertz CT molecular complexity index is 1280. The molecule has 9 heteroatoms. The van der Waals surface area contributed by atoms with Crippen molar-refractivity contribution in [3.8, 4) is 22.4 Å². The molecule has 0 aliphatic heterocycles. The zero-order chi connectivity index (χ0) is 22.2. The van der Waals surface area contributed by atoms with E-state index in [1.54, 1.807) is 23.1 Å². The van der Waals surface area contributed by atoms with Crippen molar-refractivity contribution in [3.63, 3.8) is 0 Å². The van der Waals surface area contributed by atoms with Crippen LogP contribution in [0.25, 0.3) is 28.0 Å². The fraction of sp³-hybridized carbons (Fsp3) is 0.261. The number of fused-ring (bicyclic) bond motifs is 1. The fourth-order valence-electron chi connectivity index (χ4n) is 4.35. The third-order valence-electron chi connectivity index (χ3n) is 6.16. The summed E-state index contributed by atoms with van der Waals surface area (Å²) in [4.78, 5) is 24.9. The molecule has 1 saturated carbocycles. The maximum absolute atomic E-state index is 11.3. The van der Waals surface area contributed by atoms with Gasteiger partial charge in [-0.1, -0.05) is 6.07 Å². The van der Waals surface area contributed by atoms with Crippen LogP contribution in [0.3, 0.4) is 0 Å². The minimum absolute atomic E-state index is 0.155. The van der Waals surface area contributed by atoms with Crippen molar-refractivity contribution in [1.29, 1.82) is 0 Å². The van der Waals surface area contributed by atoms with Gasteiger partial charge in [0.15, 0.2) is 5.65 Å². The molecule has 4 aromatic rings. The maximum atomic E-state index is 11.3. The van der Waals surface area contributed by atoms with Crippen molar-refractivity contribution in [2.45, 2.75) is 31.6 Å². The van der Waals surface area contributed by atoms with Crippen molar-refractivity contribution in [1.82, 2.24) is 24.6 Å². The van der Waals surface area contributed by atoms with E-state index >= 15 is 0 Å². The lowest BCUT2D eigenvalue weighted by molar-refractivity contribution is -0.142. The first-order valence-corrected chi connectivity index (χ1v) is 11.2. The van der Waals surface area contributed by atoms with Crippen LogP contribution in [0.4, 0.5) is 5.82 Å². The standard InChI is InChI=1S/C23H21BrN6O2/c24-19-20(14-1-3-15(4-2-14)23(31)32)29-22-17(12-28-30(22)21(19)25)16-5-6-18(27-11-16)13-7-9-26-10-8-13/h5-12,14-15H,1-4,25H2,(H,31,32)/t14-,15+. The number of nitrogens with two attached hydrogens (primary N) is 1. The highest BCUT2D eigenvalue weighted by Crippen LogP contribution is 2.40. The fourth-order valence-corrected chi connectivity index (χ4v) is 4.93. The van der Waals surface area contributed by atoms with Gasteiger partial charge in [0, 0.05) is 41.2 Å². The summed E-state index contributed by atoms with van der Waals surface area (Å²) in [6.45, 7) is 0. The number of nitrogens with zero attached hydrogens (tertiary/aromatic N) is 5. The first kappa shape index (κ1) is 20.6. The van der Waals surface area contributed by atoms with Crippen LogP contribution in [0.2, 0.25) is 0 Å². The zero-order valence-corrected chi connectivity index (χ0v) is 18.7. The topological polar surface area (TPSA) is 119 Å². The van der Waals surface area contributed by atoms with Gasteiger partial charge in [0.05, 0.1) is 28.0 Å². The first-order chi connectivity index (χ1) is 15.5. The van der Waals surface area contributed by atoms with Gasteiger partial charge in [-0.15, -0.1) is 0 Å². The summed E-state index contributed by atoms with van der Waals surface area (Å²) in [5, 5.41) is 13.7. The number of aliphatic carboxylic acids is 1. The van der Waals surface area contributed by atoms with Crippen LogP contribution in [0.5, 0.6) is 0 Å². The number of carboxylic acid groups (broad SMARTS) is 1. The Morgan fingerprint density at radius 1 is 1.06 bits per heavy atom. The third kappa shape index (κ3) is 3.62. The zero-order valence-electron chi connectivity index (χ0n) is 17.1. The van der Waals surface area contributed by atoms with E-state index in [1.165, 1.54) is 0 Å².